The van der Waals surface area contributed by atoms with Crippen LogP contribution in [0.3, 0.4) is 0 Å². The lowest BCUT2D eigenvalue weighted by molar-refractivity contribution is 0.194. The molecule has 2 atom stereocenters. The van der Waals surface area contributed by atoms with Crippen molar-refractivity contribution in [3.63, 3.8) is 0 Å². The second-order valence-corrected chi connectivity index (χ2v) is 4.53. The first kappa shape index (κ1) is 12.1. The highest BCUT2D eigenvalue weighted by Crippen LogP contribution is 1.92. The van der Waals surface area contributed by atoms with Crippen molar-refractivity contribution < 1.29 is 8.85 Å². The van der Waals surface area contributed by atoms with Crippen LogP contribution >= 0.6 is 0 Å². The van der Waals surface area contributed by atoms with Crippen molar-refractivity contribution in [3.05, 3.63) is 0 Å². The van der Waals surface area contributed by atoms with Gasteiger partial charge in [-0.1, -0.05) is 6.92 Å². The van der Waals surface area contributed by atoms with Gasteiger partial charge >= 0.3 is 9.28 Å². The van der Waals surface area contributed by atoms with Gasteiger partial charge in [0.25, 0.3) is 0 Å². The highest BCUT2D eigenvalue weighted by molar-refractivity contribution is 6.42. The van der Waals surface area contributed by atoms with E-state index in [1.165, 1.54) is 0 Å². The average molecular weight is 192 g/mol. The summed E-state index contributed by atoms with van der Waals surface area (Å²) in [6.45, 7) is 5.78. The van der Waals surface area contributed by atoms with Crippen LogP contribution in [-0.4, -0.2) is 35.1 Å². The van der Waals surface area contributed by atoms with Crippen LogP contribution in [0.1, 0.15) is 13.3 Å². The molecule has 0 heterocycles. The number of hydrogen-bond acceptors (Lipinski definition) is 4. The number of nitrogens with two attached hydrogens (primary N) is 2. The van der Waals surface area contributed by atoms with E-state index in [1.807, 2.05) is 13.5 Å². The van der Waals surface area contributed by atoms with Crippen molar-refractivity contribution >= 4 is 9.28 Å². The summed E-state index contributed by atoms with van der Waals surface area (Å²) in [5.74, 6) is 0. The molecule has 0 radical (unpaired) electrons. The molecule has 0 spiro atoms. The fraction of sp³-hybridized carbons (Fsp3) is 1.00. The molecule has 0 bridgehead atoms. The van der Waals surface area contributed by atoms with Gasteiger partial charge in [0.2, 0.25) is 0 Å². The molecule has 0 saturated carbocycles. The van der Waals surface area contributed by atoms with Gasteiger partial charge in [0.15, 0.2) is 0 Å². The van der Waals surface area contributed by atoms with Crippen molar-refractivity contribution in [2.45, 2.75) is 25.9 Å². The van der Waals surface area contributed by atoms with Crippen LogP contribution < -0.4 is 11.5 Å². The third-order valence-corrected chi connectivity index (χ3v) is 2.91. The van der Waals surface area contributed by atoms with E-state index in [2.05, 4.69) is 0 Å². The Hall–Kier alpha value is 0.0569. The van der Waals surface area contributed by atoms with Crippen LogP contribution in [0.4, 0.5) is 0 Å². The Balaban J connectivity index is 3.24. The lowest BCUT2D eigenvalue weighted by Crippen LogP contribution is -2.31. The number of hydrogen-bond donors (Lipinski definition) is 2. The zero-order valence-corrected chi connectivity index (χ0v) is 9.11. The molecule has 4 nitrogen and oxygen atoms in total. The third kappa shape index (κ3) is 6.75. The maximum Gasteiger partial charge on any atom is 0.318 e. The summed E-state index contributed by atoms with van der Waals surface area (Å²) in [5, 5.41) is 0. The van der Waals surface area contributed by atoms with Crippen molar-refractivity contribution in [1.29, 1.82) is 0 Å². The Labute approximate surface area is 76.1 Å². The molecular weight excluding hydrogens is 172 g/mol. The summed E-state index contributed by atoms with van der Waals surface area (Å²) < 4.78 is 10.8. The van der Waals surface area contributed by atoms with Crippen LogP contribution in [0, 0.1) is 0 Å². The van der Waals surface area contributed by atoms with Gasteiger partial charge < -0.3 is 20.3 Å². The van der Waals surface area contributed by atoms with Crippen LogP contribution in [-0.2, 0) is 8.85 Å². The summed E-state index contributed by atoms with van der Waals surface area (Å²) in [5.41, 5.74) is 10.9. The van der Waals surface area contributed by atoms with E-state index in [0.717, 1.165) is 6.42 Å². The first-order valence-electron chi connectivity index (χ1n) is 4.39. The fourth-order valence-electron chi connectivity index (χ4n) is 0.659. The normalized spacial score (nSPS) is 16.0. The SMILES string of the molecule is CCC(N)CO[SiH](C)OCCN. The summed E-state index contributed by atoms with van der Waals surface area (Å²) in [4.78, 5) is 0. The first-order valence-corrected chi connectivity index (χ1v) is 6.49. The molecule has 0 aliphatic rings. The van der Waals surface area contributed by atoms with E-state index in [9.17, 15) is 0 Å². The van der Waals surface area contributed by atoms with Gasteiger partial charge in [-0.15, -0.1) is 0 Å². The van der Waals surface area contributed by atoms with Crippen molar-refractivity contribution in [2.24, 2.45) is 11.5 Å². The molecule has 0 aromatic heterocycles. The van der Waals surface area contributed by atoms with Crippen LogP contribution in [0.15, 0.2) is 0 Å². The minimum absolute atomic E-state index is 0.140. The van der Waals surface area contributed by atoms with Gasteiger partial charge in [-0.05, 0) is 13.0 Å². The molecule has 0 amide bonds. The van der Waals surface area contributed by atoms with E-state index < -0.39 is 9.28 Å². The topological polar surface area (TPSA) is 70.5 Å². The van der Waals surface area contributed by atoms with Crippen molar-refractivity contribution in [2.75, 3.05) is 19.8 Å². The lowest BCUT2D eigenvalue weighted by atomic mass is 10.3. The molecule has 74 valence electrons. The third-order valence-electron chi connectivity index (χ3n) is 1.54. The highest BCUT2D eigenvalue weighted by atomic mass is 28.3. The van der Waals surface area contributed by atoms with E-state index in [-0.39, 0.29) is 6.04 Å². The largest absolute Gasteiger partial charge is 0.395 e. The fourth-order valence-corrected chi connectivity index (χ4v) is 1.74. The Bertz CT molecular complexity index is 105. The molecule has 12 heavy (non-hydrogen) atoms. The smallest absolute Gasteiger partial charge is 0.318 e. The zero-order chi connectivity index (χ0) is 9.40. The van der Waals surface area contributed by atoms with E-state index >= 15 is 0 Å². The van der Waals surface area contributed by atoms with Crippen molar-refractivity contribution in [3.8, 4) is 0 Å². The molecule has 0 aromatic rings. The van der Waals surface area contributed by atoms with Gasteiger partial charge in [-0.3, -0.25) is 0 Å². The first-order chi connectivity index (χ1) is 5.70. The summed E-state index contributed by atoms with van der Waals surface area (Å²) in [6, 6.07) is 0.140. The maximum absolute atomic E-state index is 5.67. The summed E-state index contributed by atoms with van der Waals surface area (Å²) >= 11 is 0. The maximum atomic E-state index is 5.67. The van der Waals surface area contributed by atoms with Crippen LogP contribution in [0.2, 0.25) is 6.55 Å². The van der Waals surface area contributed by atoms with Crippen molar-refractivity contribution in [1.82, 2.24) is 0 Å². The molecule has 0 aliphatic carbocycles. The Morgan fingerprint density at radius 1 is 1.42 bits per heavy atom. The summed E-state index contributed by atoms with van der Waals surface area (Å²) in [6.07, 6.45) is 0.942. The van der Waals surface area contributed by atoms with E-state index in [0.29, 0.717) is 19.8 Å². The highest BCUT2D eigenvalue weighted by Gasteiger charge is 2.07. The van der Waals surface area contributed by atoms with E-state index in [4.69, 9.17) is 20.3 Å². The molecule has 0 fully saturated rings. The molecule has 4 N–H and O–H groups in total. The van der Waals surface area contributed by atoms with Gasteiger partial charge in [-0.25, -0.2) is 0 Å². The second kappa shape index (κ2) is 7.69. The van der Waals surface area contributed by atoms with Gasteiger partial charge in [-0.2, -0.15) is 0 Å². The van der Waals surface area contributed by atoms with Crippen LogP contribution in [0.25, 0.3) is 0 Å². The monoisotopic (exact) mass is 192 g/mol. The predicted octanol–water partition coefficient (Wildman–Crippen LogP) is -0.434. The average Bonchev–Trinajstić information content (AvgIpc) is 2.10. The van der Waals surface area contributed by atoms with Gasteiger partial charge in [0, 0.05) is 19.2 Å². The Morgan fingerprint density at radius 3 is 2.58 bits per heavy atom. The molecule has 0 aromatic carbocycles. The Kier molecular flexibility index (Phi) is 7.73. The quantitative estimate of drug-likeness (QED) is 0.537. The second-order valence-electron chi connectivity index (χ2n) is 2.73. The molecule has 0 aliphatic heterocycles. The molecule has 5 heteroatoms. The number of rotatable bonds is 7. The van der Waals surface area contributed by atoms with Gasteiger partial charge in [0.05, 0.1) is 6.61 Å². The van der Waals surface area contributed by atoms with Gasteiger partial charge in [0.1, 0.15) is 0 Å². The zero-order valence-electron chi connectivity index (χ0n) is 7.95. The van der Waals surface area contributed by atoms with Crippen LogP contribution in [0.5, 0.6) is 0 Å². The molecular formula is C7H20N2O2Si. The minimum atomic E-state index is -1.45. The molecule has 0 saturated heterocycles. The molecule has 2 unspecified atom stereocenters. The molecule has 0 rings (SSSR count). The standard InChI is InChI=1S/C7H20N2O2Si/c1-3-7(9)6-11-12(2)10-5-4-8/h7,12H,3-6,8-9H2,1-2H3. The van der Waals surface area contributed by atoms with E-state index in [1.54, 1.807) is 0 Å². The summed E-state index contributed by atoms with van der Waals surface area (Å²) in [7, 11) is -1.45. The minimum Gasteiger partial charge on any atom is -0.395 e. The Morgan fingerprint density at radius 2 is 2.08 bits per heavy atom. The predicted molar refractivity (Wildman–Crippen MR) is 52.2 cm³/mol. The lowest BCUT2D eigenvalue weighted by Gasteiger charge is -2.14.